The minimum absolute atomic E-state index is 0.703. The molecule has 2 heteroatoms. The number of hydrogen-bond donors (Lipinski definition) is 0. The van der Waals surface area contributed by atoms with Crippen molar-refractivity contribution in [2.45, 2.75) is 49.1 Å². The third kappa shape index (κ3) is 9.10. The van der Waals surface area contributed by atoms with Crippen LogP contribution in [-0.4, -0.2) is 8.07 Å². The standard InChI is InChI=1S/C8H19AtSi/c1-10(2,3)8-6-4-5-7-9/h4-8H2,1-3H3. The molecule has 0 fully saturated rings. The average Bonchev–Trinajstić information content (AvgIpc) is 1.78. The molecule has 0 rings (SSSR count). The minimum atomic E-state index is -0.703. The van der Waals surface area contributed by atoms with E-state index in [1.807, 2.05) is 24.7 Å². The maximum atomic E-state index is 2.46. The van der Waals surface area contributed by atoms with Crippen molar-refractivity contribution in [3.63, 3.8) is 0 Å². The Bertz CT molecular complexity index is 75.8. The fourth-order valence-electron chi connectivity index (χ4n) is 0.927. The molecule has 10 heavy (non-hydrogen) atoms. The van der Waals surface area contributed by atoms with E-state index in [9.17, 15) is 0 Å². The van der Waals surface area contributed by atoms with Gasteiger partial charge in [-0.25, -0.2) is 0 Å². The van der Waals surface area contributed by atoms with Crippen molar-refractivity contribution in [2.24, 2.45) is 0 Å². The first kappa shape index (κ1) is 11.1. The summed E-state index contributed by atoms with van der Waals surface area (Å²) in [5, 5.41) is 0. The van der Waals surface area contributed by atoms with Gasteiger partial charge < -0.3 is 0 Å². The van der Waals surface area contributed by atoms with Gasteiger partial charge in [0, 0.05) is 0 Å². The Morgan fingerprint density at radius 1 is 1.00 bits per heavy atom. The molecule has 0 aromatic rings. The van der Waals surface area contributed by atoms with E-state index in [1.165, 1.54) is 29.4 Å². The van der Waals surface area contributed by atoms with E-state index in [0.717, 1.165) is 0 Å². The van der Waals surface area contributed by atoms with Gasteiger partial charge in [-0.2, -0.15) is 0 Å². The van der Waals surface area contributed by atoms with Crippen molar-refractivity contribution in [2.75, 3.05) is 0 Å². The van der Waals surface area contributed by atoms with Crippen LogP contribution in [0.25, 0.3) is 0 Å². The zero-order valence-corrected chi connectivity index (χ0v) is 11.4. The van der Waals surface area contributed by atoms with E-state index in [2.05, 4.69) is 19.6 Å². The van der Waals surface area contributed by atoms with E-state index >= 15 is 0 Å². The predicted octanol–water partition coefficient (Wildman–Crippen LogP) is 3.46. The number of rotatable bonds is 5. The second-order valence-electron chi connectivity index (χ2n) is 4.06. The third-order valence-corrected chi connectivity index (χ3v) is 4.45. The van der Waals surface area contributed by atoms with E-state index in [0.29, 0.717) is 0 Å². The van der Waals surface area contributed by atoms with Crippen LogP contribution in [0.3, 0.4) is 0 Å². The Kier molecular flexibility index (Phi) is 6.34. The molecule has 0 aliphatic rings. The summed E-state index contributed by atoms with van der Waals surface area (Å²) in [5.74, 6) is 0. The van der Waals surface area contributed by atoms with Crippen LogP contribution < -0.4 is 0 Å². The van der Waals surface area contributed by atoms with Crippen molar-refractivity contribution < 1.29 is 24.7 Å². The Hall–Kier alpha value is 1.10. The van der Waals surface area contributed by atoms with Crippen LogP contribution in [0.4, 0.5) is 0 Å². The molecule has 0 aromatic heterocycles. The van der Waals surface area contributed by atoms with Gasteiger partial charge >= 0.3 is 81.9 Å². The van der Waals surface area contributed by atoms with Crippen molar-refractivity contribution in [1.82, 2.24) is 0 Å². The van der Waals surface area contributed by atoms with Gasteiger partial charge in [0.05, 0.1) is 0 Å². The quantitative estimate of drug-likeness (QED) is 0.525. The van der Waals surface area contributed by atoms with Gasteiger partial charge in [0.15, 0.2) is 0 Å². The summed E-state index contributed by atoms with van der Waals surface area (Å²) in [4.78, 5) is 0. The van der Waals surface area contributed by atoms with E-state index < -0.39 is 8.07 Å². The molecule has 0 amide bonds. The third-order valence-electron chi connectivity index (χ3n) is 1.56. The molecule has 0 atom stereocenters. The van der Waals surface area contributed by atoms with Gasteiger partial charge in [0.1, 0.15) is 0 Å². The normalized spacial score (nSPS) is 12.0. The average molecular weight is 353 g/mol. The van der Waals surface area contributed by atoms with E-state index in [4.69, 9.17) is 0 Å². The second-order valence-corrected chi connectivity index (χ2v) is 11.2. The van der Waals surface area contributed by atoms with Crippen LogP contribution in [0.5, 0.6) is 0 Å². The molecule has 62 valence electrons. The molecule has 0 heterocycles. The summed E-state index contributed by atoms with van der Waals surface area (Å²) in [6.07, 6.45) is 4.42. The Morgan fingerprint density at radius 2 is 1.60 bits per heavy atom. The molecule has 0 radical (unpaired) electrons. The predicted molar refractivity (Wildman–Crippen MR) is 46.8 cm³/mol. The molecule has 0 aromatic carbocycles. The van der Waals surface area contributed by atoms with Gasteiger partial charge in [0.25, 0.3) is 0 Å². The van der Waals surface area contributed by atoms with Gasteiger partial charge in [0.2, 0.25) is 0 Å². The zero-order chi connectivity index (χ0) is 8.04. The zero-order valence-electron chi connectivity index (χ0n) is 7.41. The van der Waals surface area contributed by atoms with Crippen LogP contribution in [0.1, 0.15) is 19.3 Å². The summed E-state index contributed by atoms with van der Waals surface area (Å²) < 4.78 is 1.42. The van der Waals surface area contributed by atoms with Crippen molar-refractivity contribution >= 4 is 8.07 Å². The molecular formula is C8H19AtSi. The van der Waals surface area contributed by atoms with Crippen LogP contribution in [-0.2, 0) is 0 Å². The first-order valence-corrected chi connectivity index (χ1v) is 9.91. The molecule has 0 unspecified atom stereocenters. The van der Waals surface area contributed by atoms with E-state index in [-0.39, 0.29) is 0 Å². The molecule has 0 saturated heterocycles. The van der Waals surface area contributed by atoms with Crippen molar-refractivity contribution in [1.29, 1.82) is 0 Å². The summed E-state index contributed by atoms with van der Waals surface area (Å²) in [5.41, 5.74) is 0. The van der Waals surface area contributed by atoms with Crippen LogP contribution in [0.15, 0.2) is 0 Å². The fourth-order valence-corrected chi connectivity index (χ4v) is 2.97. The molecule has 0 aliphatic carbocycles. The Morgan fingerprint density at radius 3 is 2.00 bits per heavy atom. The first-order chi connectivity index (χ1) is 4.56. The number of unbranched alkanes of at least 4 members (excludes halogenated alkanes) is 2. The van der Waals surface area contributed by atoms with Gasteiger partial charge in [-0.15, -0.1) is 0 Å². The monoisotopic (exact) mass is 353 g/mol. The summed E-state index contributed by atoms with van der Waals surface area (Å²) in [7, 11) is -0.703. The second kappa shape index (κ2) is 5.71. The Balaban J connectivity index is 3.04. The first-order valence-electron chi connectivity index (χ1n) is 4.12. The Labute approximate surface area is 81.6 Å². The molecule has 0 aliphatic heterocycles. The van der Waals surface area contributed by atoms with Gasteiger partial charge in [-0.3, -0.25) is 0 Å². The van der Waals surface area contributed by atoms with Crippen molar-refractivity contribution in [3.05, 3.63) is 0 Å². The molecule has 0 bridgehead atoms. The van der Waals surface area contributed by atoms with Crippen LogP contribution in [0.2, 0.25) is 29.8 Å². The molecule has 0 spiro atoms. The summed E-state index contributed by atoms with van der Waals surface area (Å²) >= 11 is 1.93. The fraction of sp³-hybridized carbons (Fsp3) is 1.00. The molecule has 0 N–H and O–H groups in total. The maximum absolute atomic E-state index is 2.46. The van der Waals surface area contributed by atoms with Gasteiger partial charge in [-0.05, 0) is 0 Å². The summed E-state index contributed by atoms with van der Waals surface area (Å²) in [6.45, 7) is 7.38. The number of hydrogen-bond acceptors (Lipinski definition) is 0. The summed E-state index contributed by atoms with van der Waals surface area (Å²) in [6, 6.07) is 1.53. The molecule has 0 saturated carbocycles. The molecule has 0 nitrogen and oxygen atoms in total. The van der Waals surface area contributed by atoms with E-state index in [1.54, 1.807) is 0 Å². The topological polar surface area (TPSA) is 0 Å². The van der Waals surface area contributed by atoms with Crippen molar-refractivity contribution in [3.8, 4) is 0 Å². The SMILES string of the molecule is C[Si](C)(C)CCCCC[At]. The van der Waals surface area contributed by atoms with Crippen LogP contribution >= 0.6 is 0 Å². The van der Waals surface area contributed by atoms with Crippen LogP contribution in [0, 0.1) is 24.7 Å². The van der Waals surface area contributed by atoms with Gasteiger partial charge in [-0.1, -0.05) is 0 Å². The molecular weight excluding hydrogens is 334 g/mol.